The summed E-state index contributed by atoms with van der Waals surface area (Å²) in [5, 5.41) is 0. The Morgan fingerprint density at radius 3 is 2.48 bits per heavy atom. The lowest BCUT2D eigenvalue weighted by Crippen LogP contribution is -2.38. The van der Waals surface area contributed by atoms with Crippen LogP contribution in [0.4, 0.5) is 0 Å². The van der Waals surface area contributed by atoms with Crippen LogP contribution in [0.2, 0.25) is 0 Å². The van der Waals surface area contributed by atoms with Crippen LogP contribution in [0, 0.1) is 5.92 Å². The zero-order chi connectivity index (χ0) is 18.2. The number of ketones is 2. The average Bonchev–Trinajstić information content (AvgIpc) is 2.59. The van der Waals surface area contributed by atoms with Crippen LogP contribution in [0.5, 0.6) is 5.75 Å². The van der Waals surface area contributed by atoms with Gasteiger partial charge < -0.3 is 9.47 Å². The fraction of sp³-hybridized carbons (Fsp3) is 0.550. The lowest BCUT2D eigenvalue weighted by atomic mass is 9.74. The lowest BCUT2D eigenvalue weighted by molar-refractivity contribution is -0.154. The molecule has 0 unspecified atom stereocenters. The molecule has 2 rings (SSSR count). The summed E-state index contributed by atoms with van der Waals surface area (Å²) >= 11 is 0. The summed E-state index contributed by atoms with van der Waals surface area (Å²) in [6.45, 7) is 4.73. The van der Waals surface area contributed by atoms with Crippen LogP contribution in [0.1, 0.15) is 57.4 Å². The summed E-state index contributed by atoms with van der Waals surface area (Å²) in [6.07, 6.45) is 3.28. The number of Topliss-reactive ketones (excluding diaryl/α,β-unsaturated/α-hetero) is 2. The summed E-state index contributed by atoms with van der Waals surface area (Å²) in [4.78, 5) is 36.3. The third-order valence-corrected chi connectivity index (χ3v) is 4.43. The molecule has 1 aromatic carbocycles. The van der Waals surface area contributed by atoms with E-state index in [9.17, 15) is 14.4 Å². The lowest BCUT2D eigenvalue weighted by Gasteiger charge is -2.28. The molecule has 136 valence electrons. The van der Waals surface area contributed by atoms with Crippen LogP contribution >= 0.6 is 0 Å². The zero-order valence-electron chi connectivity index (χ0n) is 15.0. The Morgan fingerprint density at radius 1 is 1.12 bits per heavy atom. The van der Waals surface area contributed by atoms with Crippen molar-refractivity contribution in [2.75, 3.05) is 13.2 Å². The largest absolute Gasteiger partial charge is 0.494 e. The van der Waals surface area contributed by atoms with E-state index in [-0.39, 0.29) is 31.0 Å². The molecule has 1 saturated carbocycles. The summed E-state index contributed by atoms with van der Waals surface area (Å²) in [6, 6.07) is 7.32. The molecule has 0 heterocycles. The maximum Gasteiger partial charge on any atom is 0.317 e. The first-order valence-corrected chi connectivity index (χ1v) is 9.00. The molecule has 1 aliphatic carbocycles. The molecule has 1 fully saturated rings. The van der Waals surface area contributed by atoms with Crippen LogP contribution in [0.25, 0.3) is 0 Å². The van der Waals surface area contributed by atoms with Gasteiger partial charge in [-0.25, -0.2) is 0 Å². The third kappa shape index (κ3) is 5.15. The molecule has 0 N–H and O–H groups in total. The van der Waals surface area contributed by atoms with Crippen LogP contribution in [-0.2, 0) is 19.1 Å². The first kappa shape index (κ1) is 19.2. The molecule has 0 aliphatic heterocycles. The van der Waals surface area contributed by atoms with E-state index in [1.54, 1.807) is 6.92 Å². The van der Waals surface area contributed by atoms with E-state index in [0.29, 0.717) is 6.61 Å². The third-order valence-electron chi connectivity index (χ3n) is 4.43. The Hall–Kier alpha value is -2.17. The van der Waals surface area contributed by atoms with Crippen molar-refractivity contribution in [1.82, 2.24) is 0 Å². The first-order valence-electron chi connectivity index (χ1n) is 9.00. The minimum Gasteiger partial charge on any atom is -0.494 e. The van der Waals surface area contributed by atoms with Gasteiger partial charge >= 0.3 is 5.97 Å². The average molecular weight is 346 g/mol. The number of benzene rings is 1. The molecule has 0 bridgehead atoms. The van der Waals surface area contributed by atoms with E-state index in [2.05, 4.69) is 6.92 Å². The zero-order valence-corrected chi connectivity index (χ0v) is 15.0. The summed E-state index contributed by atoms with van der Waals surface area (Å²) in [7, 11) is 0. The van der Waals surface area contributed by atoms with Crippen molar-refractivity contribution >= 4 is 17.5 Å². The molecular formula is C20H26O5. The molecule has 0 spiro atoms. The van der Waals surface area contributed by atoms with Crippen molar-refractivity contribution in [2.45, 2.75) is 51.9 Å². The number of carbonyl (C=O) groups excluding carboxylic acids is 3. The van der Waals surface area contributed by atoms with Crippen molar-refractivity contribution in [1.29, 1.82) is 0 Å². The molecule has 0 radical (unpaired) electrons. The molecule has 5 nitrogen and oxygen atoms in total. The Bertz CT molecular complexity index is 605. The predicted molar refractivity (Wildman–Crippen MR) is 93.6 cm³/mol. The Morgan fingerprint density at radius 2 is 1.84 bits per heavy atom. The first-order chi connectivity index (χ1) is 12.1. The fourth-order valence-electron chi connectivity index (χ4n) is 3.16. The van der Waals surface area contributed by atoms with Gasteiger partial charge in [0.05, 0.1) is 19.6 Å². The van der Waals surface area contributed by atoms with E-state index >= 15 is 0 Å². The van der Waals surface area contributed by atoms with Crippen molar-refractivity contribution < 1.29 is 23.9 Å². The minimum atomic E-state index is -0.894. The number of carbonyl (C=O) groups is 3. The van der Waals surface area contributed by atoms with E-state index in [0.717, 1.165) is 30.6 Å². The maximum absolute atomic E-state index is 12.2. The molecule has 2 atom stereocenters. The van der Waals surface area contributed by atoms with Gasteiger partial charge in [-0.15, -0.1) is 0 Å². The van der Waals surface area contributed by atoms with E-state index in [4.69, 9.17) is 9.47 Å². The number of rotatable bonds is 8. The van der Waals surface area contributed by atoms with Gasteiger partial charge in [0.1, 0.15) is 17.5 Å². The van der Waals surface area contributed by atoms with Crippen molar-refractivity contribution in [3.8, 4) is 5.75 Å². The van der Waals surface area contributed by atoms with Gasteiger partial charge in [-0.05, 0) is 31.0 Å². The topological polar surface area (TPSA) is 69.7 Å². The van der Waals surface area contributed by atoms with Crippen molar-refractivity contribution in [2.24, 2.45) is 5.92 Å². The fourth-order valence-corrected chi connectivity index (χ4v) is 3.16. The molecule has 25 heavy (non-hydrogen) atoms. The van der Waals surface area contributed by atoms with Crippen molar-refractivity contribution in [3.05, 3.63) is 29.8 Å². The summed E-state index contributed by atoms with van der Waals surface area (Å²) < 4.78 is 10.7. The van der Waals surface area contributed by atoms with Gasteiger partial charge in [-0.1, -0.05) is 31.9 Å². The van der Waals surface area contributed by atoms with Gasteiger partial charge in [-0.3, -0.25) is 14.4 Å². The monoisotopic (exact) mass is 346 g/mol. The highest BCUT2D eigenvalue weighted by molar-refractivity contribution is 6.11. The second-order valence-corrected chi connectivity index (χ2v) is 6.35. The van der Waals surface area contributed by atoms with Gasteiger partial charge in [-0.2, -0.15) is 0 Å². The number of hydrogen-bond donors (Lipinski definition) is 0. The second-order valence-electron chi connectivity index (χ2n) is 6.35. The van der Waals surface area contributed by atoms with Crippen LogP contribution < -0.4 is 4.74 Å². The quantitative estimate of drug-likeness (QED) is 0.410. The van der Waals surface area contributed by atoms with Crippen LogP contribution in [-0.4, -0.2) is 30.7 Å². The van der Waals surface area contributed by atoms with Gasteiger partial charge in [0.25, 0.3) is 0 Å². The molecule has 1 aromatic rings. The Balaban J connectivity index is 2.11. The second kappa shape index (κ2) is 9.35. The standard InChI is InChI=1S/C20H26O5/c1-3-5-6-11-25-16-9-7-14(8-10-16)17-12-15(21)13-18(22)19(17)20(23)24-4-2/h7-10,17,19H,3-6,11-13H2,1-2H3/t17-,19+/m1/s1. The van der Waals surface area contributed by atoms with E-state index < -0.39 is 17.8 Å². The highest BCUT2D eigenvalue weighted by Gasteiger charge is 2.42. The molecule has 1 aliphatic rings. The number of unbranched alkanes of at least 4 members (excludes halogenated alkanes) is 2. The highest BCUT2D eigenvalue weighted by Crippen LogP contribution is 2.36. The minimum absolute atomic E-state index is 0.129. The SMILES string of the molecule is CCCCCOc1ccc([C@H]2CC(=O)CC(=O)[C@H]2C(=O)OCC)cc1. The molecular weight excluding hydrogens is 320 g/mol. The van der Waals surface area contributed by atoms with Crippen LogP contribution in [0.3, 0.4) is 0 Å². The van der Waals surface area contributed by atoms with Crippen molar-refractivity contribution in [3.63, 3.8) is 0 Å². The van der Waals surface area contributed by atoms with E-state index in [1.807, 2.05) is 24.3 Å². The Labute approximate surface area is 148 Å². The normalized spacial score (nSPS) is 20.4. The van der Waals surface area contributed by atoms with Gasteiger partial charge in [0.15, 0.2) is 5.78 Å². The molecule has 0 amide bonds. The molecule has 0 saturated heterocycles. The number of esters is 1. The van der Waals surface area contributed by atoms with Crippen LogP contribution in [0.15, 0.2) is 24.3 Å². The van der Waals surface area contributed by atoms with Gasteiger partial charge in [0.2, 0.25) is 0 Å². The summed E-state index contributed by atoms with van der Waals surface area (Å²) in [5.41, 5.74) is 0.792. The Kier molecular flexibility index (Phi) is 7.16. The summed E-state index contributed by atoms with van der Waals surface area (Å²) in [5.74, 6) is -1.61. The maximum atomic E-state index is 12.2. The highest BCUT2D eigenvalue weighted by atomic mass is 16.5. The predicted octanol–water partition coefficient (Wildman–Crippen LogP) is 3.45. The van der Waals surface area contributed by atoms with E-state index in [1.165, 1.54) is 0 Å². The smallest absolute Gasteiger partial charge is 0.317 e. The molecule has 0 aromatic heterocycles. The van der Waals surface area contributed by atoms with Gasteiger partial charge in [0, 0.05) is 12.3 Å². The number of hydrogen-bond acceptors (Lipinski definition) is 5. The molecule has 5 heteroatoms. The number of ether oxygens (including phenoxy) is 2.